The minimum Gasteiger partial charge on any atom is -0.381 e. The van der Waals surface area contributed by atoms with Crippen LogP contribution in [-0.2, 0) is 9.53 Å². The van der Waals surface area contributed by atoms with Gasteiger partial charge in [-0.2, -0.15) is 0 Å². The van der Waals surface area contributed by atoms with E-state index < -0.39 is 0 Å². The van der Waals surface area contributed by atoms with Gasteiger partial charge in [0.2, 0.25) is 0 Å². The Morgan fingerprint density at radius 3 is 2.41 bits per heavy atom. The number of nitrogens with two attached hydrogens (primary N) is 1. The summed E-state index contributed by atoms with van der Waals surface area (Å²) in [6.07, 6.45) is 8.85. The maximum atomic E-state index is 12.5. The van der Waals surface area contributed by atoms with Crippen molar-refractivity contribution in [2.75, 3.05) is 19.8 Å². The van der Waals surface area contributed by atoms with Crippen molar-refractivity contribution in [3.05, 3.63) is 0 Å². The van der Waals surface area contributed by atoms with Gasteiger partial charge in [-0.3, -0.25) is 4.79 Å². The van der Waals surface area contributed by atoms with E-state index in [9.17, 15) is 4.79 Å². The maximum absolute atomic E-state index is 12.5. The molecule has 0 aromatic rings. The molecule has 0 spiro atoms. The lowest BCUT2D eigenvalue weighted by molar-refractivity contribution is -0.134. The number of hydrogen-bond donors (Lipinski definition) is 1. The Morgan fingerprint density at radius 2 is 1.82 bits per heavy atom. The first-order valence-electron chi connectivity index (χ1n) is 7.08. The number of ether oxygens (including phenoxy) is 1. The van der Waals surface area contributed by atoms with Gasteiger partial charge in [0, 0.05) is 31.6 Å². The quantitative estimate of drug-likeness (QED) is 0.819. The summed E-state index contributed by atoms with van der Waals surface area (Å²) in [4.78, 5) is 12.5. The van der Waals surface area contributed by atoms with Crippen LogP contribution >= 0.6 is 0 Å². The van der Waals surface area contributed by atoms with Crippen molar-refractivity contribution in [1.82, 2.24) is 0 Å². The van der Waals surface area contributed by atoms with Gasteiger partial charge in [-0.25, -0.2) is 0 Å². The molecule has 0 amide bonds. The maximum Gasteiger partial charge on any atom is 0.140 e. The number of carbonyl (C=O) groups excluding carboxylic acids is 1. The van der Waals surface area contributed by atoms with Crippen LogP contribution in [0.2, 0.25) is 0 Å². The van der Waals surface area contributed by atoms with Gasteiger partial charge in [-0.15, -0.1) is 0 Å². The molecule has 0 atom stereocenters. The fourth-order valence-electron chi connectivity index (χ4n) is 3.23. The van der Waals surface area contributed by atoms with Gasteiger partial charge in [0.25, 0.3) is 0 Å². The van der Waals surface area contributed by atoms with Gasteiger partial charge >= 0.3 is 0 Å². The molecule has 17 heavy (non-hydrogen) atoms. The average molecular weight is 239 g/mol. The van der Waals surface area contributed by atoms with Crippen LogP contribution in [-0.4, -0.2) is 25.5 Å². The molecule has 1 aliphatic heterocycles. The number of ketones is 1. The number of Topliss-reactive ketones (excluding diaryl/α,β-unsaturated/α-hetero) is 1. The topological polar surface area (TPSA) is 52.3 Å². The van der Waals surface area contributed by atoms with Crippen LogP contribution in [0.4, 0.5) is 0 Å². The third kappa shape index (κ3) is 3.08. The Balaban J connectivity index is 1.91. The van der Waals surface area contributed by atoms with Gasteiger partial charge in [-0.05, 0) is 18.8 Å². The summed E-state index contributed by atoms with van der Waals surface area (Å²) >= 11 is 0. The van der Waals surface area contributed by atoms with Crippen molar-refractivity contribution in [1.29, 1.82) is 0 Å². The van der Waals surface area contributed by atoms with Crippen molar-refractivity contribution in [3.8, 4) is 0 Å². The van der Waals surface area contributed by atoms with E-state index in [-0.39, 0.29) is 5.41 Å². The highest BCUT2D eigenvalue weighted by Gasteiger charge is 2.39. The van der Waals surface area contributed by atoms with Crippen molar-refractivity contribution in [2.45, 2.75) is 51.4 Å². The first-order valence-corrected chi connectivity index (χ1v) is 7.08. The fraction of sp³-hybridized carbons (Fsp3) is 0.929. The molecular weight excluding hydrogens is 214 g/mol. The molecule has 98 valence electrons. The van der Waals surface area contributed by atoms with Crippen LogP contribution in [0.1, 0.15) is 51.4 Å². The van der Waals surface area contributed by atoms with Crippen LogP contribution in [0.25, 0.3) is 0 Å². The van der Waals surface area contributed by atoms with Crippen molar-refractivity contribution in [3.63, 3.8) is 0 Å². The van der Waals surface area contributed by atoms with E-state index in [0.717, 1.165) is 19.3 Å². The van der Waals surface area contributed by atoms with Crippen molar-refractivity contribution in [2.24, 2.45) is 17.1 Å². The summed E-state index contributed by atoms with van der Waals surface area (Å²) in [5.74, 6) is 1.04. The standard InChI is InChI=1S/C14H25NO2/c15-11-14(6-8-17-9-7-14)13(16)10-12-4-2-1-3-5-12/h12H,1-11,15H2. The normalized spacial score (nSPS) is 25.7. The highest BCUT2D eigenvalue weighted by atomic mass is 16.5. The molecule has 2 aliphatic rings. The smallest absolute Gasteiger partial charge is 0.140 e. The largest absolute Gasteiger partial charge is 0.381 e. The molecule has 0 radical (unpaired) electrons. The van der Waals surface area contributed by atoms with Gasteiger partial charge in [0.05, 0.1) is 0 Å². The highest BCUT2D eigenvalue weighted by Crippen LogP contribution is 2.35. The summed E-state index contributed by atoms with van der Waals surface area (Å²) < 4.78 is 5.36. The Kier molecular flexibility index (Phi) is 4.57. The van der Waals surface area contributed by atoms with E-state index in [0.29, 0.717) is 31.5 Å². The number of rotatable bonds is 4. The summed E-state index contributed by atoms with van der Waals surface area (Å²) in [6.45, 7) is 1.91. The lowest BCUT2D eigenvalue weighted by Crippen LogP contribution is -2.44. The predicted octanol–water partition coefficient (Wildman–Crippen LogP) is 2.28. The molecule has 1 heterocycles. The molecule has 0 unspecified atom stereocenters. The second-order valence-electron chi connectivity index (χ2n) is 5.73. The molecule has 3 nitrogen and oxygen atoms in total. The lowest BCUT2D eigenvalue weighted by Gasteiger charge is -2.36. The second kappa shape index (κ2) is 5.96. The van der Waals surface area contributed by atoms with Gasteiger partial charge in [0.15, 0.2) is 0 Å². The predicted molar refractivity (Wildman–Crippen MR) is 67.7 cm³/mol. The molecule has 1 aliphatic carbocycles. The van der Waals surface area contributed by atoms with Gasteiger partial charge < -0.3 is 10.5 Å². The fourth-order valence-corrected chi connectivity index (χ4v) is 3.23. The molecule has 2 rings (SSSR count). The van der Waals surface area contributed by atoms with E-state index >= 15 is 0 Å². The van der Waals surface area contributed by atoms with E-state index in [1.165, 1.54) is 32.1 Å². The van der Waals surface area contributed by atoms with Crippen LogP contribution < -0.4 is 5.73 Å². The number of carbonyl (C=O) groups is 1. The Morgan fingerprint density at radius 1 is 1.18 bits per heavy atom. The summed E-state index contributed by atoms with van der Waals surface area (Å²) in [6, 6.07) is 0. The Bertz CT molecular complexity index is 253. The monoisotopic (exact) mass is 239 g/mol. The minimum absolute atomic E-state index is 0.254. The zero-order valence-electron chi connectivity index (χ0n) is 10.7. The van der Waals surface area contributed by atoms with Crippen LogP contribution in [0.3, 0.4) is 0 Å². The van der Waals surface area contributed by atoms with Crippen LogP contribution in [0.15, 0.2) is 0 Å². The zero-order chi connectivity index (χ0) is 12.1. The van der Waals surface area contributed by atoms with E-state index in [4.69, 9.17) is 10.5 Å². The van der Waals surface area contributed by atoms with E-state index in [1.807, 2.05) is 0 Å². The van der Waals surface area contributed by atoms with Gasteiger partial charge in [-0.1, -0.05) is 32.1 Å². The van der Waals surface area contributed by atoms with Gasteiger partial charge in [0.1, 0.15) is 5.78 Å². The number of hydrogen-bond acceptors (Lipinski definition) is 3. The average Bonchev–Trinajstić information content (AvgIpc) is 2.40. The molecule has 2 N–H and O–H groups in total. The summed E-state index contributed by atoms with van der Waals surface area (Å²) in [5, 5.41) is 0. The molecule has 1 saturated heterocycles. The SMILES string of the molecule is NCC1(C(=O)CC2CCCCC2)CCOCC1. The first kappa shape index (κ1) is 13.0. The third-order valence-electron chi connectivity index (χ3n) is 4.63. The Labute approximate surface area is 104 Å². The van der Waals surface area contributed by atoms with E-state index in [2.05, 4.69) is 0 Å². The minimum atomic E-state index is -0.254. The highest BCUT2D eigenvalue weighted by molar-refractivity contribution is 5.85. The molecule has 0 aromatic heterocycles. The van der Waals surface area contributed by atoms with Crippen molar-refractivity contribution >= 4 is 5.78 Å². The summed E-state index contributed by atoms with van der Waals surface area (Å²) in [7, 11) is 0. The van der Waals surface area contributed by atoms with E-state index in [1.54, 1.807) is 0 Å². The second-order valence-corrected chi connectivity index (χ2v) is 5.73. The third-order valence-corrected chi connectivity index (χ3v) is 4.63. The molecule has 0 aromatic carbocycles. The van der Waals surface area contributed by atoms with Crippen molar-refractivity contribution < 1.29 is 9.53 Å². The molecule has 2 fully saturated rings. The zero-order valence-corrected chi connectivity index (χ0v) is 10.7. The lowest BCUT2D eigenvalue weighted by atomic mass is 9.72. The molecular formula is C14H25NO2. The Hall–Kier alpha value is -0.410. The van der Waals surface area contributed by atoms with Crippen LogP contribution in [0, 0.1) is 11.3 Å². The molecule has 3 heteroatoms. The summed E-state index contributed by atoms with van der Waals surface area (Å²) in [5.41, 5.74) is 5.61. The van der Waals surface area contributed by atoms with Crippen LogP contribution in [0.5, 0.6) is 0 Å². The molecule has 1 saturated carbocycles. The first-order chi connectivity index (χ1) is 8.27. The molecule has 0 bridgehead atoms.